The van der Waals surface area contributed by atoms with Crippen LogP contribution in [0.2, 0.25) is 5.02 Å². The lowest BCUT2D eigenvalue weighted by molar-refractivity contribution is -0.115. The maximum absolute atomic E-state index is 12.4. The van der Waals surface area contributed by atoms with Crippen molar-refractivity contribution < 1.29 is 9.53 Å². The van der Waals surface area contributed by atoms with Gasteiger partial charge in [-0.1, -0.05) is 35.9 Å². The van der Waals surface area contributed by atoms with Crippen LogP contribution in [-0.4, -0.2) is 15.7 Å². The van der Waals surface area contributed by atoms with Crippen LogP contribution in [0, 0.1) is 13.8 Å². The molecule has 0 radical (unpaired) electrons. The van der Waals surface area contributed by atoms with Gasteiger partial charge >= 0.3 is 0 Å². The molecule has 0 bridgehead atoms. The predicted octanol–water partition coefficient (Wildman–Crippen LogP) is 4.45. The molecule has 0 atom stereocenters. The Balaban J connectivity index is 1.61. The van der Waals surface area contributed by atoms with Crippen LogP contribution in [0.4, 0.5) is 5.82 Å². The summed E-state index contributed by atoms with van der Waals surface area (Å²) in [6, 6.07) is 15.1. The van der Waals surface area contributed by atoms with Crippen molar-refractivity contribution in [2.45, 2.75) is 26.9 Å². The molecule has 3 aromatic rings. The summed E-state index contributed by atoms with van der Waals surface area (Å²) in [6.45, 7) is 4.32. The molecule has 27 heavy (non-hydrogen) atoms. The molecule has 1 N–H and O–H groups in total. The largest absolute Gasteiger partial charge is 0.489 e. The third-order valence-electron chi connectivity index (χ3n) is 4.36. The predicted molar refractivity (Wildman–Crippen MR) is 107 cm³/mol. The average molecular weight is 384 g/mol. The van der Waals surface area contributed by atoms with Crippen LogP contribution in [0.5, 0.6) is 5.75 Å². The number of carbonyl (C=O) groups excluding carboxylic acids is 1. The van der Waals surface area contributed by atoms with Crippen molar-refractivity contribution in [1.82, 2.24) is 9.78 Å². The van der Waals surface area contributed by atoms with Gasteiger partial charge < -0.3 is 10.1 Å². The van der Waals surface area contributed by atoms with Gasteiger partial charge in [-0.2, -0.15) is 5.10 Å². The molecule has 0 saturated heterocycles. The smallest absolute Gasteiger partial charge is 0.229 e. The number of nitrogens with zero attached hydrogens (tertiary/aromatic N) is 2. The minimum atomic E-state index is -0.0871. The Bertz CT molecular complexity index is 949. The van der Waals surface area contributed by atoms with Gasteiger partial charge in [-0.15, -0.1) is 0 Å². The second-order valence-electron chi connectivity index (χ2n) is 6.47. The zero-order valence-corrected chi connectivity index (χ0v) is 16.4. The molecule has 2 aromatic carbocycles. The van der Waals surface area contributed by atoms with Gasteiger partial charge in [0.2, 0.25) is 5.91 Å². The quantitative estimate of drug-likeness (QED) is 0.684. The molecule has 5 nitrogen and oxygen atoms in total. The first-order valence-corrected chi connectivity index (χ1v) is 9.06. The molecular formula is C21H22ClN3O2. The lowest BCUT2D eigenvalue weighted by Gasteiger charge is -2.09. The molecular weight excluding hydrogens is 362 g/mol. The molecule has 0 fully saturated rings. The van der Waals surface area contributed by atoms with Crippen LogP contribution >= 0.6 is 11.6 Å². The SMILES string of the molecule is Cc1nn(C)c(NC(=O)Cc2cccc(OCc3ccc(Cl)cc3)c2)c1C. The van der Waals surface area contributed by atoms with Gasteiger partial charge in [0.25, 0.3) is 0 Å². The molecule has 0 unspecified atom stereocenters. The highest BCUT2D eigenvalue weighted by atomic mass is 35.5. The van der Waals surface area contributed by atoms with Crippen molar-refractivity contribution in [3.8, 4) is 5.75 Å². The summed E-state index contributed by atoms with van der Waals surface area (Å²) in [5, 5.41) is 7.96. The summed E-state index contributed by atoms with van der Waals surface area (Å²) in [5.74, 6) is 1.37. The Labute approximate surface area is 163 Å². The van der Waals surface area contributed by atoms with Crippen LogP contribution in [0.3, 0.4) is 0 Å². The van der Waals surface area contributed by atoms with Crippen LogP contribution in [0.1, 0.15) is 22.4 Å². The number of amides is 1. The minimum absolute atomic E-state index is 0.0871. The van der Waals surface area contributed by atoms with Crippen molar-refractivity contribution in [2.75, 3.05) is 5.32 Å². The van der Waals surface area contributed by atoms with Gasteiger partial charge in [-0.25, -0.2) is 0 Å². The average Bonchev–Trinajstić information content (AvgIpc) is 2.88. The van der Waals surface area contributed by atoms with Gasteiger partial charge in [0.1, 0.15) is 18.2 Å². The van der Waals surface area contributed by atoms with E-state index in [0.717, 1.165) is 34.0 Å². The molecule has 0 aliphatic rings. The first-order chi connectivity index (χ1) is 12.9. The molecule has 6 heteroatoms. The highest BCUT2D eigenvalue weighted by Crippen LogP contribution is 2.19. The molecule has 1 amide bonds. The summed E-state index contributed by atoms with van der Waals surface area (Å²) < 4.78 is 7.51. The highest BCUT2D eigenvalue weighted by molar-refractivity contribution is 6.30. The molecule has 0 saturated carbocycles. The number of nitrogens with one attached hydrogen (secondary N) is 1. The van der Waals surface area contributed by atoms with Crippen molar-refractivity contribution in [1.29, 1.82) is 0 Å². The van der Waals surface area contributed by atoms with Crippen molar-refractivity contribution in [3.63, 3.8) is 0 Å². The lowest BCUT2D eigenvalue weighted by Crippen LogP contribution is -2.17. The second kappa shape index (κ2) is 8.27. The van der Waals surface area contributed by atoms with Crippen LogP contribution < -0.4 is 10.1 Å². The zero-order chi connectivity index (χ0) is 19.4. The van der Waals surface area contributed by atoms with E-state index in [1.54, 1.807) is 4.68 Å². The standard InChI is InChI=1S/C21H22ClN3O2/c1-14-15(2)24-25(3)21(14)23-20(26)12-17-5-4-6-19(11-17)27-13-16-7-9-18(22)10-8-16/h4-11H,12-13H2,1-3H3,(H,23,26). The number of hydrogen-bond donors (Lipinski definition) is 1. The van der Waals surface area contributed by atoms with Crippen LogP contribution in [0.25, 0.3) is 0 Å². The minimum Gasteiger partial charge on any atom is -0.489 e. The highest BCUT2D eigenvalue weighted by Gasteiger charge is 2.12. The van der Waals surface area contributed by atoms with E-state index in [0.29, 0.717) is 11.6 Å². The Hall–Kier alpha value is -2.79. The normalized spacial score (nSPS) is 10.7. The number of benzene rings is 2. The Morgan fingerprint density at radius 2 is 1.89 bits per heavy atom. The third-order valence-corrected chi connectivity index (χ3v) is 4.61. The number of hydrogen-bond acceptors (Lipinski definition) is 3. The topological polar surface area (TPSA) is 56.2 Å². The van der Waals surface area contributed by atoms with E-state index >= 15 is 0 Å². The Morgan fingerprint density at radius 3 is 2.56 bits per heavy atom. The van der Waals surface area contributed by atoms with E-state index in [1.807, 2.05) is 69.4 Å². The van der Waals surface area contributed by atoms with E-state index in [2.05, 4.69) is 10.4 Å². The maximum Gasteiger partial charge on any atom is 0.229 e. The summed E-state index contributed by atoms with van der Waals surface area (Å²) in [7, 11) is 1.82. The Kier molecular flexibility index (Phi) is 5.81. The number of anilines is 1. The molecule has 0 aliphatic heterocycles. The fourth-order valence-electron chi connectivity index (χ4n) is 2.79. The fourth-order valence-corrected chi connectivity index (χ4v) is 2.92. The first kappa shape index (κ1) is 19.0. The van der Waals surface area contributed by atoms with Gasteiger partial charge in [-0.3, -0.25) is 9.48 Å². The summed E-state index contributed by atoms with van der Waals surface area (Å²) in [5.41, 5.74) is 3.80. The number of ether oxygens (including phenoxy) is 1. The fraction of sp³-hybridized carbons (Fsp3) is 0.238. The molecule has 3 rings (SSSR count). The van der Waals surface area contributed by atoms with E-state index in [9.17, 15) is 4.79 Å². The second-order valence-corrected chi connectivity index (χ2v) is 6.91. The number of carbonyl (C=O) groups is 1. The number of rotatable bonds is 6. The number of aryl methyl sites for hydroxylation is 2. The monoisotopic (exact) mass is 383 g/mol. The van der Waals surface area contributed by atoms with Gasteiger partial charge in [-0.05, 0) is 49.2 Å². The number of aromatic nitrogens is 2. The maximum atomic E-state index is 12.4. The first-order valence-electron chi connectivity index (χ1n) is 8.68. The van der Waals surface area contributed by atoms with Crippen molar-refractivity contribution in [3.05, 3.63) is 75.9 Å². The van der Waals surface area contributed by atoms with Gasteiger partial charge in [0, 0.05) is 17.6 Å². The van der Waals surface area contributed by atoms with Crippen LogP contribution in [-0.2, 0) is 24.9 Å². The van der Waals surface area contributed by atoms with Gasteiger partial charge in [0.05, 0.1) is 12.1 Å². The molecule has 140 valence electrons. The van der Waals surface area contributed by atoms with E-state index in [-0.39, 0.29) is 12.3 Å². The summed E-state index contributed by atoms with van der Waals surface area (Å²) >= 11 is 5.89. The summed E-state index contributed by atoms with van der Waals surface area (Å²) in [4.78, 5) is 12.4. The molecule has 1 aromatic heterocycles. The zero-order valence-electron chi connectivity index (χ0n) is 15.6. The van der Waals surface area contributed by atoms with Crippen molar-refractivity contribution in [2.24, 2.45) is 7.05 Å². The van der Waals surface area contributed by atoms with Crippen LogP contribution in [0.15, 0.2) is 48.5 Å². The van der Waals surface area contributed by atoms with E-state index < -0.39 is 0 Å². The molecule has 0 aliphatic carbocycles. The van der Waals surface area contributed by atoms with Gasteiger partial charge in [0.15, 0.2) is 0 Å². The van der Waals surface area contributed by atoms with E-state index in [1.165, 1.54) is 0 Å². The third kappa shape index (κ3) is 4.89. The Morgan fingerprint density at radius 1 is 1.15 bits per heavy atom. The van der Waals surface area contributed by atoms with Crippen molar-refractivity contribution >= 4 is 23.3 Å². The molecule has 1 heterocycles. The lowest BCUT2D eigenvalue weighted by atomic mass is 10.1. The van der Waals surface area contributed by atoms with E-state index in [4.69, 9.17) is 16.3 Å². The molecule has 0 spiro atoms. The summed E-state index contributed by atoms with van der Waals surface area (Å²) in [6.07, 6.45) is 0.266. The number of halogens is 1.